The number of halogens is 1. The Bertz CT molecular complexity index is 2070. The second-order valence-corrected chi connectivity index (χ2v) is 13.6. The highest BCUT2D eigenvalue weighted by atomic mass is 32.1. The van der Waals surface area contributed by atoms with Crippen molar-refractivity contribution in [2.45, 2.75) is 56.7 Å². The second-order valence-electron chi connectivity index (χ2n) is 12.7. The van der Waals surface area contributed by atoms with Crippen LogP contribution in [-0.4, -0.2) is 78.5 Å². The van der Waals surface area contributed by atoms with Crippen molar-refractivity contribution in [1.29, 1.82) is 5.53 Å². The molecule has 1 aliphatic heterocycles. The third-order valence-electron chi connectivity index (χ3n) is 9.54. The number of ketones is 1. The van der Waals surface area contributed by atoms with Crippen LogP contribution >= 0.6 is 11.3 Å². The maximum atomic E-state index is 15.1. The number of benzene rings is 1. The van der Waals surface area contributed by atoms with E-state index in [0.717, 1.165) is 34.5 Å². The molecule has 50 heavy (non-hydrogen) atoms. The van der Waals surface area contributed by atoms with E-state index < -0.39 is 23.8 Å². The van der Waals surface area contributed by atoms with Crippen LogP contribution in [0.3, 0.4) is 0 Å². The summed E-state index contributed by atoms with van der Waals surface area (Å²) in [7, 11) is 3.39. The number of anilines is 1. The molecule has 7 rings (SSSR count). The van der Waals surface area contributed by atoms with E-state index in [0.29, 0.717) is 40.6 Å². The molecule has 1 fully saturated rings. The van der Waals surface area contributed by atoms with Crippen LogP contribution in [0, 0.1) is 23.2 Å². The molecule has 256 valence electrons. The summed E-state index contributed by atoms with van der Waals surface area (Å²) in [5, 5.41) is 17.8. The van der Waals surface area contributed by atoms with Crippen LogP contribution in [0.2, 0.25) is 0 Å². The molecule has 2 aliphatic carbocycles. The number of nitrogens with zero attached hydrogens (tertiary/aromatic N) is 6. The number of nitrogens with one attached hydrogen (secondary N) is 3. The molecule has 4 aromatic rings. The SMILES string of the molecule is COc1cccc(F)c1CN1CC([N+](=N)C(=O)C2=Cc3c(C4C=Cc5nn(C)cc5CC4)n[nH]c3C#CC2)CCC1C(=O)CNc1nccs1. The minimum absolute atomic E-state index is 0.00375. The van der Waals surface area contributed by atoms with Crippen LogP contribution in [0.5, 0.6) is 5.75 Å². The van der Waals surface area contributed by atoms with Crippen molar-refractivity contribution in [1.82, 2.24) is 29.9 Å². The average molecular weight is 695 g/mol. The summed E-state index contributed by atoms with van der Waals surface area (Å²) in [6.07, 6.45) is 12.3. The fourth-order valence-corrected chi connectivity index (χ4v) is 7.51. The zero-order valence-electron chi connectivity index (χ0n) is 27.8. The van der Waals surface area contributed by atoms with Gasteiger partial charge in [-0.2, -0.15) is 10.2 Å². The molecule has 1 amide bonds. The maximum absolute atomic E-state index is 15.1. The van der Waals surface area contributed by atoms with Crippen molar-refractivity contribution in [2.24, 2.45) is 7.05 Å². The Balaban J connectivity index is 1.11. The molecular weight excluding hydrogens is 658 g/mol. The molecule has 1 aromatic carbocycles. The lowest BCUT2D eigenvalue weighted by Crippen LogP contribution is -2.53. The number of piperidine rings is 1. The van der Waals surface area contributed by atoms with Crippen molar-refractivity contribution in [3.05, 3.63) is 87.2 Å². The number of methoxy groups -OCH3 is 1. The zero-order chi connectivity index (χ0) is 34.8. The van der Waals surface area contributed by atoms with E-state index in [4.69, 9.17) is 10.3 Å². The van der Waals surface area contributed by atoms with E-state index in [9.17, 15) is 9.59 Å². The number of H-pyrrole nitrogens is 1. The van der Waals surface area contributed by atoms with Gasteiger partial charge in [0.15, 0.2) is 17.0 Å². The lowest BCUT2D eigenvalue weighted by Gasteiger charge is -2.36. The monoisotopic (exact) mass is 694 g/mol. The molecule has 3 aromatic heterocycles. The third kappa shape index (κ3) is 6.79. The Kier molecular flexibility index (Phi) is 9.51. The lowest BCUT2D eigenvalue weighted by molar-refractivity contribution is -0.572. The molecule has 0 bridgehead atoms. The second kappa shape index (κ2) is 14.3. The lowest BCUT2D eigenvalue weighted by atomic mass is 9.93. The van der Waals surface area contributed by atoms with E-state index in [2.05, 4.69) is 43.5 Å². The fraction of sp³-hybridized carbons (Fsp3) is 0.361. The molecule has 0 radical (unpaired) electrons. The standard InChI is InChI=1S/C36H36FN9O3S/c1-44-19-24-10-9-22(11-13-29(24)43-44)34-26-17-23(5-3-7-30(26)41-42-34)35(48)46(38)25-12-14-31(32(47)18-40-36-39-15-16-50-36)45(20-25)21-27-28(37)6-4-8-33(27)49-2/h4,6,8,11,13,15-17,19,22,25,31,38H,5,9-10,12,14,18,20-21H2,1-2H3,(H-,39,40,41,42,48)/p+1. The minimum atomic E-state index is -0.556. The van der Waals surface area contributed by atoms with Gasteiger partial charge in [0.1, 0.15) is 17.3 Å². The van der Waals surface area contributed by atoms with E-state index in [1.54, 1.807) is 24.4 Å². The Labute approximate surface area is 292 Å². The predicted molar refractivity (Wildman–Crippen MR) is 185 cm³/mol. The largest absolute Gasteiger partial charge is 0.496 e. The highest BCUT2D eigenvalue weighted by Gasteiger charge is 2.42. The van der Waals surface area contributed by atoms with E-state index in [-0.39, 0.29) is 37.8 Å². The van der Waals surface area contributed by atoms with E-state index in [1.807, 2.05) is 34.3 Å². The van der Waals surface area contributed by atoms with Gasteiger partial charge in [-0.15, -0.1) is 11.3 Å². The first-order valence-electron chi connectivity index (χ1n) is 16.5. The molecule has 3 aliphatic rings. The molecule has 12 nitrogen and oxygen atoms in total. The number of aryl methyl sites for hydroxylation is 2. The topological polar surface area (TPSA) is 145 Å². The van der Waals surface area contributed by atoms with Gasteiger partial charge in [0.05, 0.1) is 43.2 Å². The van der Waals surface area contributed by atoms with Gasteiger partial charge in [-0.1, -0.05) is 28.3 Å². The Morgan fingerprint density at radius 1 is 1.28 bits per heavy atom. The van der Waals surface area contributed by atoms with Crippen molar-refractivity contribution in [3.63, 3.8) is 0 Å². The molecule has 3 unspecified atom stereocenters. The molecule has 0 spiro atoms. The Hall–Kier alpha value is -5.26. The highest BCUT2D eigenvalue weighted by molar-refractivity contribution is 7.13. The number of amides is 1. The summed E-state index contributed by atoms with van der Waals surface area (Å²) >= 11 is 1.40. The number of carbonyl (C=O) groups excluding carboxylic acids is 2. The van der Waals surface area contributed by atoms with Gasteiger partial charge in [-0.3, -0.25) is 19.5 Å². The number of thiazole rings is 1. The number of likely N-dealkylation sites (tertiary alicyclic amines) is 1. The summed E-state index contributed by atoms with van der Waals surface area (Å²) in [6, 6.07) is 3.51. The van der Waals surface area contributed by atoms with Gasteiger partial charge in [0, 0.05) is 61.3 Å². The first kappa shape index (κ1) is 33.2. The summed E-state index contributed by atoms with van der Waals surface area (Å²) in [6.45, 7) is 0.326. The first-order valence-corrected chi connectivity index (χ1v) is 17.4. The molecule has 0 saturated carbocycles. The molecule has 3 N–H and O–H groups in total. The van der Waals surface area contributed by atoms with Gasteiger partial charge >= 0.3 is 5.91 Å². The first-order chi connectivity index (χ1) is 24.3. The van der Waals surface area contributed by atoms with Gasteiger partial charge < -0.3 is 10.1 Å². The number of Topliss-reactive ketones (excluding diaryl/α,β-unsaturated/α-hetero) is 1. The number of aromatic nitrogens is 5. The van der Waals surface area contributed by atoms with Crippen LogP contribution in [0.1, 0.15) is 65.4 Å². The summed E-state index contributed by atoms with van der Waals surface area (Å²) in [5.74, 6) is 5.57. The van der Waals surface area contributed by atoms with Crippen molar-refractivity contribution < 1.29 is 23.4 Å². The molecule has 3 atom stereocenters. The maximum Gasteiger partial charge on any atom is 0.440 e. The van der Waals surface area contributed by atoms with Crippen LogP contribution in [-0.2, 0) is 29.6 Å². The molecule has 1 saturated heterocycles. The number of ether oxygens (including phenoxy) is 1. The van der Waals surface area contributed by atoms with Gasteiger partial charge in [-0.25, -0.2) is 14.2 Å². The number of rotatable bonds is 10. The quantitative estimate of drug-likeness (QED) is 0.121. The Morgan fingerprint density at radius 2 is 2.16 bits per heavy atom. The van der Waals surface area contributed by atoms with Crippen LogP contribution in [0.25, 0.3) is 12.2 Å². The normalized spacial score (nSPS) is 20.0. The van der Waals surface area contributed by atoms with Gasteiger partial charge in [0.2, 0.25) is 0 Å². The Morgan fingerprint density at radius 3 is 2.98 bits per heavy atom. The zero-order valence-corrected chi connectivity index (χ0v) is 28.6. The number of hydrogen-bond donors (Lipinski definition) is 3. The number of allylic oxidation sites excluding steroid dienone is 1. The van der Waals surface area contributed by atoms with Crippen molar-refractivity contribution >= 4 is 40.3 Å². The van der Waals surface area contributed by atoms with Crippen LogP contribution in [0.15, 0.2) is 47.6 Å². The minimum Gasteiger partial charge on any atom is -0.496 e. The molecular formula is C36H37FN9O3S+. The van der Waals surface area contributed by atoms with Gasteiger partial charge in [0.25, 0.3) is 0 Å². The predicted octanol–water partition coefficient (Wildman–Crippen LogP) is 4.91. The number of carbonyl (C=O) groups is 2. The number of fused-ring (bicyclic) bond motifs is 2. The van der Waals surface area contributed by atoms with Crippen LogP contribution in [0.4, 0.5) is 9.52 Å². The highest BCUT2D eigenvalue weighted by Crippen LogP contribution is 2.33. The van der Waals surface area contributed by atoms with Crippen molar-refractivity contribution in [3.8, 4) is 17.6 Å². The third-order valence-corrected chi connectivity index (χ3v) is 10.3. The molecule has 4 heterocycles. The summed E-state index contributed by atoms with van der Waals surface area (Å²) in [4.78, 5) is 33.6. The number of aromatic amines is 1. The number of hydrogen-bond acceptors (Lipinski definition) is 10. The van der Waals surface area contributed by atoms with Gasteiger partial charge in [-0.05, 0) is 55.0 Å². The smallest absolute Gasteiger partial charge is 0.440 e. The fourth-order valence-electron chi connectivity index (χ4n) is 6.98. The van der Waals surface area contributed by atoms with E-state index in [1.165, 1.54) is 30.1 Å². The van der Waals surface area contributed by atoms with Crippen LogP contribution < -0.4 is 10.1 Å². The van der Waals surface area contributed by atoms with Crippen molar-refractivity contribution in [2.75, 3.05) is 25.5 Å². The van der Waals surface area contributed by atoms with E-state index >= 15 is 4.39 Å². The molecule has 14 heteroatoms. The average Bonchev–Trinajstić information content (AvgIpc) is 3.81. The summed E-state index contributed by atoms with van der Waals surface area (Å²) in [5.41, 5.74) is 14.1. The summed E-state index contributed by atoms with van der Waals surface area (Å²) < 4.78 is 23.4.